The van der Waals surface area contributed by atoms with Crippen LogP contribution < -0.4 is 4.90 Å². The number of non-ortho nitro benzene ring substituents is 1. The third-order valence-corrected chi connectivity index (χ3v) is 4.93. The molecule has 5 nitrogen and oxygen atoms in total. The van der Waals surface area contributed by atoms with Crippen molar-refractivity contribution < 1.29 is 9.66 Å². The van der Waals surface area contributed by atoms with E-state index in [9.17, 15) is 10.1 Å². The Morgan fingerprint density at radius 3 is 2.95 bits per heavy atom. The normalized spacial score (nSPS) is 19.3. The SMILES string of the molecule is COCc1cc([N+](=O)[O-])ccc1N1CCCCC(SC)C1. The maximum atomic E-state index is 10.9. The fourth-order valence-electron chi connectivity index (χ4n) is 2.78. The molecule has 1 aliphatic heterocycles. The molecule has 21 heavy (non-hydrogen) atoms. The Kier molecular flexibility index (Phi) is 5.87. The van der Waals surface area contributed by atoms with E-state index in [0.717, 1.165) is 24.3 Å². The van der Waals surface area contributed by atoms with Crippen molar-refractivity contribution in [3.8, 4) is 0 Å². The van der Waals surface area contributed by atoms with E-state index < -0.39 is 0 Å². The van der Waals surface area contributed by atoms with E-state index >= 15 is 0 Å². The number of nitrogens with zero attached hydrogens (tertiary/aromatic N) is 2. The van der Waals surface area contributed by atoms with Crippen molar-refractivity contribution in [1.82, 2.24) is 0 Å². The monoisotopic (exact) mass is 310 g/mol. The number of anilines is 1. The molecule has 0 bridgehead atoms. The highest BCUT2D eigenvalue weighted by molar-refractivity contribution is 7.99. The predicted molar refractivity (Wildman–Crippen MR) is 87.2 cm³/mol. The fourth-order valence-corrected chi connectivity index (χ4v) is 3.51. The minimum absolute atomic E-state index is 0.127. The summed E-state index contributed by atoms with van der Waals surface area (Å²) in [5.74, 6) is 0. The number of hydrogen-bond acceptors (Lipinski definition) is 5. The van der Waals surface area contributed by atoms with Crippen molar-refractivity contribution in [3.05, 3.63) is 33.9 Å². The molecule has 1 fully saturated rings. The molecule has 1 saturated heterocycles. The number of benzene rings is 1. The Labute approximate surface area is 129 Å². The Balaban J connectivity index is 2.29. The lowest BCUT2D eigenvalue weighted by Gasteiger charge is -2.27. The quantitative estimate of drug-likeness (QED) is 0.616. The second-order valence-corrected chi connectivity index (χ2v) is 6.44. The van der Waals surface area contributed by atoms with Crippen molar-refractivity contribution in [3.63, 3.8) is 0 Å². The first-order valence-electron chi connectivity index (χ1n) is 7.19. The zero-order valence-corrected chi connectivity index (χ0v) is 13.4. The Bertz CT molecular complexity index is 496. The van der Waals surface area contributed by atoms with E-state index in [0.29, 0.717) is 11.9 Å². The largest absolute Gasteiger partial charge is 0.380 e. The van der Waals surface area contributed by atoms with Crippen LogP contribution in [0.5, 0.6) is 0 Å². The molecule has 1 heterocycles. The Morgan fingerprint density at radius 2 is 2.29 bits per heavy atom. The molecule has 1 aliphatic rings. The lowest BCUT2D eigenvalue weighted by molar-refractivity contribution is -0.384. The highest BCUT2D eigenvalue weighted by Crippen LogP contribution is 2.30. The molecule has 0 saturated carbocycles. The van der Waals surface area contributed by atoms with E-state index in [1.807, 2.05) is 17.8 Å². The van der Waals surface area contributed by atoms with Crippen LogP contribution in [0, 0.1) is 10.1 Å². The number of hydrogen-bond donors (Lipinski definition) is 0. The second kappa shape index (κ2) is 7.66. The molecular weight excluding hydrogens is 288 g/mol. The van der Waals surface area contributed by atoms with Gasteiger partial charge < -0.3 is 9.64 Å². The van der Waals surface area contributed by atoms with Gasteiger partial charge in [0.1, 0.15) is 0 Å². The van der Waals surface area contributed by atoms with Gasteiger partial charge in [-0.3, -0.25) is 10.1 Å². The van der Waals surface area contributed by atoms with Crippen LogP contribution in [0.4, 0.5) is 11.4 Å². The maximum Gasteiger partial charge on any atom is 0.269 e. The zero-order valence-electron chi connectivity index (χ0n) is 12.6. The van der Waals surface area contributed by atoms with Gasteiger partial charge >= 0.3 is 0 Å². The maximum absolute atomic E-state index is 10.9. The zero-order chi connectivity index (χ0) is 15.2. The van der Waals surface area contributed by atoms with Crippen LogP contribution >= 0.6 is 11.8 Å². The summed E-state index contributed by atoms with van der Waals surface area (Å²) < 4.78 is 5.22. The van der Waals surface area contributed by atoms with Crippen molar-refractivity contribution in [1.29, 1.82) is 0 Å². The number of rotatable bonds is 5. The fraction of sp³-hybridized carbons (Fsp3) is 0.600. The van der Waals surface area contributed by atoms with E-state index in [1.54, 1.807) is 19.2 Å². The predicted octanol–water partition coefficient (Wildman–Crippen LogP) is 3.46. The molecule has 2 rings (SSSR count). The molecule has 1 aromatic rings. The summed E-state index contributed by atoms with van der Waals surface area (Å²) >= 11 is 1.90. The molecule has 0 radical (unpaired) electrons. The summed E-state index contributed by atoms with van der Waals surface area (Å²) in [6.45, 7) is 2.40. The standard InChI is InChI=1S/C15H22N2O3S/c1-20-11-12-9-13(17(18)19)6-7-15(12)16-8-4-3-5-14(10-16)21-2/h6-7,9,14H,3-5,8,10-11H2,1-2H3. The third-order valence-electron chi connectivity index (χ3n) is 3.88. The first-order chi connectivity index (χ1) is 10.2. The highest BCUT2D eigenvalue weighted by Gasteiger charge is 2.21. The van der Waals surface area contributed by atoms with Crippen molar-refractivity contribution in [2.24, 2.45) is 0 Å². The summed E-state index contributed by atoms with van der Waals surface area (Å²) in [7, 11) is 1.62. The number of ether oxygens (including phenoxy) is 1. The second-order valence-electron chi connectivity index (χ2n) is 5.30. The van der Waals surface area contributed by atoms with E-state index in [1.165, 1.54) is 19.3 Å². The van der Waals surface area contributed by atoms with Gasteiger partial charge in [0.25, 0.3) is 5.69 Å². The molecule has 1 aromatic carbocycles. The van der Waals surface area contributed by atoms with Gasteiger partial charge in [0, 0.05) is 48.8 Å². The van der Waals surface area contributed by atoms with Gasteiger partial charge in [-0.2, -0.15) is 11.8 Å². The van der Waals surface area contributed by atoms with E-state index in [-0.39, 0.29) is 10.6 Å². The first-order valence-corrected chi connectivity index (χ1v) is 8.48. The number of nitro benzene ring substituents is 1. The minimum Gasteiger partial charge on any atom is -0.380 e. The van der Waals surface area contributed by atoms with Crippen molar-refractivity contribution in [2.75, 3.05) is 31.4 Å². The number of nitro groups is 1. The molecule has 0 spiro atoms. The molecular formula is C15H22N2O3S. The average Bonchev–Trinajstić information content (AvgIpc) is 2.73. The van der Waals surface area contributed by atoms with Crippen LogP contribution in [0.1, 0.15) is 24.8 Å². The lowest BCUT2D eigenvalue weighted by atomic mass is 10.1. The minimum atomic E-state index is -0.351. The number of thioether (sulfide) groups is 1. The summed E-state index contributed by atoms with van der Waals surface area (Å²) in [4.78, 5) is 12.9. The molecule has 1 unspecified atom stereocenters. The topological polar surface area (TPSA) is 55.6 Å². The molecule has 1 atom stereocenters. The van der Waals surface area contributed by atoms with Gasteiger partial charge in [-0.25, -0.2) is 0 Å². The Hall–Kier alpha value is -1.27. The Morgan fingerprint density at radius 1 is 1.48 bits per heavy atom. The third kappa shape index (κ3) is 4.11. The highest BCUT2D eigenvalue weighted by atomic mass is 32.2. The molecule has 0 N–H and O–H groups in total. The van der Waals surface area contributed by atoms with Crippen LogP contribution in [0.3, 0.4) is 0 Å². The van der Waals surface area contributed by atoms with Crippen LogP contribution in [0.2, 0.25) is 0 Å². The van der Waals surface area contributed by atoms with Crippen molar-refractivity contribution >= 4 is 23.1 Å². The smallest absolute Gasteiger partial charge is 0.269 e. The van der Waals surface area contributed by atoms with E-state index in [2.05, 4.69) is 11.2 Å². The van der Waals surface area contributed by atoms with Gasteiger partial charge in [0.2, 0.25) is 0 Å². The summed E-state index contributed by atoms with van der Waals surface area (Å²) in [6.07, 6.45) is 5.80. The van der Waals surface area contributed by atoms with Gasteiger partial charge in [0.05, 0.1) is 11.5 Å². The van der Waals surface area contributed by atoms with Gasteiger partial charge in [-0.1, -0.05) is 6.42 Å². The lowest BCUT2D eigenvalue weighted by Crippen LogP contribution is -2.30. The summed E-state index contributed by atoms with van der Waals surface area (Å²) in [6, 6.07) is 5.10. The van der Waals surface area contributed by atoms with Crippen LogP contribution in [-0.4, -0.2) is 36.6 Å². The summed E-state index contributed by atoms with van der Waals surface area (Å²) in [5.41, 5.74) is 2.10. The van der Waals surface area contributed by atoms with Gasteiger partial charge in [0.15, 0.2) is 0 Å². The molecule has 0 aliphatic carbocycles. The van der Waals surface area contributed by atoms with Crippen molar-refractivity contribution in [2.45, 2.75) is 31.1 Å². The molecule has 0 amide bonds. The molecule has 0 aromatic heterocycles. The van der Waals surface area contributed by atoms with Gasteiger partial charge in [-0.05, 0) is 25.2 Å². The van der Waals surface area contributed by atoms with Gasteiger partial charge in [-0.15, -0.1) is 0 Å². The van der Waals surface area contributed by atoms with E-state index in [4.69, 9.17) is 4.74 Å². The number of methoxy groups -OCH3 is 1. The summed E-state index contributed by atoms with van der Waals surface area (Å²) in [5, 5.41) is 11.6. The van der Waals surface area contributed by atoms with Crippen LogP contribution in [-0.2, 0) is 11.3 Å². The van der Waals surface area contributed by atoms with Crippen LogP contribution in [0.15, 0.2) is 18.2 Å². The molecule has 116 valence electrons. The first kappa shape index (κ1) is 16.1. The molecule has 6 heteroatoms. The van der Waals surface area contributed by atoms with Crippen LogP contribution in [0.25, 0.3) is 0 Å². The average molecular weight is 310 g/mol.